The summed E-state index contributed by atoms with van der Waals surface area (Å²) in [7, 11) is 0. The number of aryl methyl sites for hydroxylation is 1. The van der Waals surface area contributed by atoms with Crippen molar-refractivity contribution in [1.29, 1.82) is 0 Å². The minimum Gasteiger partial charge on any atom is -0.494 e. The maximum atomic E-state index is 6.00. The molecule has 3 aromatic rings. The fourth-order valence-electron chi connectivity index (χ4n) is 5.67. The van der Waals surface area contributed by atoms with Gasteiger partial charge >= 0.3 is 0 Å². The molecule has 0 N–H and O–H groups in total. The Bertz CT molecular complexity index is 1020. The van der Waals surface area contributed by atoms with Crippen LogP contribution in [0.15, 0.2) is 60.9 Å². The van der Waals surface area contributed by atoms with Crippen LogP contribution >= 0.6 is 0 Å². The fraction of sp³-hybridized carbons (Fsp3) is 0.543. The predicted molar refractivity (Wildman–Crippen MR) is 161 cm³/mol. The van der Waals surface area contributed by atoms with Crippen LogP contribution in [0.3, 0.4) is 0 Å². The normalized spacial score (nSPS) is 13.7. The quantitative estimate of drug-likeness (QED) is 0.169. The first-order valence-corrected chi connectivity index (χ1v) is 15.5. The van der Waals surface area contributed by atoms with Crippen LogP contribution in [0, 0.1) is 5.92 Å². The van der Waals surface area contributed by atoms with Gasteiger partial charge in [-0.05, 0) is 47.6 Å². The Hall–Kier alpha value is -2.68. The first-order valence-electron chi connectivity index (χ1n) is 15.5. The summed E-state index contributed by atoms with van der Waals surface area (Å²) in [6.07, 6.45) is 25.3. The lowest BCUT2D eigenvalue weighted by molar-refractivity contribution is 0.304. The van der Waals surface area contributed by atoms with E-state index in [1.54, 1.807) is 0 Å². The van der Waals surface area contributed by atoms with E-state index in [0.717, 1.165) is 48.1 Å². The monoisotopic (exact) mass is 512 g/mol. The molecule has 0 spiro atoms. The SMILES string of the molecule is CCCCCCCc1ncc(-c2ccc(-c3ccc(OCCCCCCCC4CCCC4)cc3)cc2)cn1. The van der Waals surface area contributed by atoms with Crippen molar-refractivity contribution in [2.24, 2.45) is 5.92 Å². The number of aromatic nitrogens is 2. The third-order valence-corrected chi connectivity index (χ3v) is 8.12. The largest absolute Gasteiger partial charge is 0.494 e. The van der Waals surface area contributed by atoms with Crippen molar-refractivity contribution in [3.63, 3.8) is 0 Å². The van der Waals surface area contributed by atoms with Crippen LogP contribution in [0.25, 0.3) is 22.3 Å². The minimum atomic E-state index is 0.816. The van der Waals surface area contributed by atoms with Crippen molar-refractivity contribution in [1.82, 2.24) is 9.97 Å². The number of nitrogens with zero attached hydrogens (tertiary/aromatic N) is 2. The average molecular weight is 513 g/mol. The van der Waals surface area contributed by atoms with Crippen LogP contribution in [-0.2, 0) is 6.42 Å². The van der Waals surface area contributed by atoms with E-state index in [0.29, 0.717) is 0 Å². The number of hydrogen-bond acceptors (Lipinski definition) is 3. The molecule has 1 aliphatic rings. The second-order valence-corrected chi connectivity index (χ2v) is 11.2. The maximum absolute atomic E-state index is 6.00. The van der Waals surface area contributed by atoms with Gasteiger partial charge in [0.05, 0.1) is 6.61 Å². The molecule has 0 aliphatic heterocycles. The summed E-state index contributed by atoms with van der Waals surface area (Å²) in [6.45, 7) is 3.07. The fourth-order valence-corrected chi connectivity index (χ4v) is 5.67. The number of rotatable bonds is 17. The van der Waals surface area contributed by atoms with Gasteiger partial charge < -0.3 is 4.74 Å². The van der Waals surface area contributed by atoms with Gasteiger partial charge in [0.15, 0.2) is 0 Å². The third kappa shape index (κ3) is 9.57. The van der Waals surface area contributed by atoms with E-state index >= 15 is 0 Å². The summed E-state index contributed by atoms with van der Waals surface area (Å²) in [5.74, 6) is 2.97. The van der Waals surface area contributed by atoms with E-state index in [2.05, 4.69) is 65.4 Å². The highest BCUT2D eigenvalue weighted by atomic mass is 16.5. The average Bonchev–Trinajstić information content (AvgIpc) is 3.49. The Labute approximate surface area is 231 Å². The summed E-state index contributed by atoms with van der Waals surface area (Å²) < 4.78 is 6.00. The molecule has 3 nitrogen and oxygen atoms in total. The van der Waals surface area contributed by atoms with Crippen LogP contribution in [0.5, 0.6) is 5.75 Å². The zero-order valence-corrected chi connectivity index (χ0v) is 23.7. The van der Waals surface area contributed by atoms with Gasteiger partial charge in [-0.2, -0.15) is 0 Å². The van der Waals surface area contributed by atoms with E-state index in [9.17, 15) is 0 Å². The maximum Gasteiger partial charge on any atom is 0.128 e. The Morgan fingerprint density at radius 3 is 1.87 bits per heavy atom. The molecule has 4 rings (SSSR count). The molecule has 3 heteroatoms. The Kier molecular flexibility index (Phi) is 12.2. The molecule has 1 saturated carbocycles. The molecule has 0 bridgehead atoms. The molecule has 0 saturated heterocycles. The Morgan fingerprint density at radius 2 is 1.18 bits per heavy atom. The summed E-state index contributed by atoms with van der Waals surface area (Å²) in [6, 6.07) is 17.2. The van der Waals surface area contributed by atoms with Crippen LogP contribution < -0.4 is 4.74 Å². The van der Waals surface area contributed by atoms with E-state index in [-0.39, 0.29) is 0 Å². The smallest absolute Gasteiger partial charge is 0.128 e. The second kappa shape index (κ2) is 16.3. The second-order valence-electron chi connectivity index (χ2n) is 11.2. The van der Waals surface area contributed by atoms with E-state index < -0.39 is 0 Å². The molecule has 2 aromatic carbocycles. The lowest BCUT2D eigenvalue weighted by atomic mass is 9.99. The topological polar surface area (TPSA) is 35.0 Å². The Balaban J connectivity index is 1.14. The third-order valence-electron chi connectivity index (χ3n) is 8.12. The summed E-state index contributed by atoms with van der Waals surface area (Å²) >= 11 is 0. The van der Waals surface area contributed by atoms with Gasteiger partial charge in [-0.3, -0.25) is 0 Å². The summed E-state index contributed by atoms with van der Waals surface area (Å²) in [4.78, 5) is 9.20. The zero-order chi connectivity index (χ0) is 26.3. The van der Waals surface area contributed by atoms with Crippen molar-refractivity contribution in [2.75, 3.05) is 6.61 Å². The molecular weight excluding hydrogens is 464 g/mol. The molecule has 1 aliphatic carbocycles. The van der Waals surface area contributed by atoms with Gasteiger partial charge in [-0.1, -0.05) is 127 Å². The summed E-state index contributed by atoms with van der Waals surface area (Å²) in [5.41, 5.74) is 4.65. The van der Waals surface area contributed by atoms with Gasteiger partial charge in [-0.15, -0.1) is 0 Å². The molecule has 0 radical (unpaired) electrons. The van der Waals surface area contributed by atoms with Crippen molar-refractivity contribution in [3.05, 3.63) is 66.7 Å². The van der Waals surface area contributed by atoms with Crippen LogP contribution in [0.4, 0.5) is 0 Å². The van der Waals surface area contributed by atoms with Crippen LogP contribution in [0.2, 0.25) is 0 Å². The molecule has 0 amide bonds. The van der Waals surface area contributed by atoms with Crippen molar-refractivity contribution >= 4 is 0 Å². The molecule has 0 unspecified atom stereocenters. The van der Waals surface area contributed by atoms with Gasteiger partial charge in [0.2, 0.25) is 0 Å². The lowest BCUT2D eigenvalue weighted by Crippen LogP contribution is -1.97. The van der Waals surface area contributed by atoms with E-state index in [1.165, 1.54) is 101 Å². The van der Waals surface area contributed by atoms with E-state index in [4.69, 9.17) is 4.74 Å². The molecule has 1 aromatic heterocycles. The van der Waals surface area contributed by atoms with Gasteiger partial charge in [-0.25, -0.2) is 9.97 Å². The molecular formula is C35H48N2O. The number of benzene rings is 2. The van der Waals surface area contributed by atoms with Crippen LogP contribution in [0.1, 0.15) is 109 Å². The lowest BCUT2D eigenvalue weighted by Gasteiger charge is -2.09. The number of unbranched alkanes of at least 4 members (excludes halogenated alkanes) is 8. The van der Waals surface area contributed by atoms with Crippen LogP contribution in [-0.4, -0.2) is 16.6 Å². The highest BCUT2D eigenvalue weighted by Crippen LogP contribution is 2.29. The summed E-state index contributed by atoms with van der Waals surface area (Å²) in [5, 5.41) is 0. The Morgan fingerprint density at radius 1 is 0.632 bits per heavy atom. The van der Waals surface area contributed by atoms with Gasteiger partial charge in [0, 0.05) is 24.4 Å². The van der Waals surface area contributed by atoms with Gasteiger partial charge in [0.1, 0.15) is 11.6 Å². The molecule has 1 fully saturated rings. The molecule has 38 heavy (non-hydrogen) atoms. The van der Waals surface area contributed by atoms with Crippen molar-refractivity contribution < 1.29 is 4.74 Å². The standard InChI is InChI=1S/C35H48N2O/c1-2-3-4-6-10-17-35-36-27-33(28-37-35)32-20-18-30(19-21-32)31-22-24-34(25-23-31)38-26-13-8-5-7-9-14-29-15-11-12-16-29/h18-25,27-29H,2-17,26H2,1H3. The molecule has 0 atom stereocenters. The predicted octanol–water partition coefficient (Wildman–Crippen LogP) is 10.2. The molecule has 204 valence electrons. The zero-order valence-electron chi connectivity index (χ0n) is 23.7. The van der Waals surface area contributed by atoms with Crippen molar-refractivity contribution in [3.8, 4) is 28.0 Å². The number of hydrogen-bond donors (Lipinski definition) is 0. The van der Waals surface area contributed by atoms with Gasteiger partial charge in [0.25, 0.3) is 0 Å². The molecule has 1 heterocycles. The highest BCUT2D eigenvalue weighted by Gasteiger charge is 2.13. The first kappa shape index (κ1) is 28.3. The highest BCUT2D eigenvalue weighted by molar-refractivity contribution is 5.70. The van der Waals surface area contributed by atoms with E-state index in [1.807, 2.05) is 12.4 Å². The minimum absolute atomic E-state index is 0.816. The number of ether oxygens (including phenoxy) is 1. The van der Waals surface area contributed by atoms with Crippen molar-refractivity contribution in [2.45, 2.75) is 110 Å². The first-order chi connectivity index (χ1) is 18.8.